The lowest BCUT2D eigenvalue weighted by Crippen LogP contribution is -2.52. The normalized spacial score (nSPS) is 19.1. The topological polar surface area (TPSA) is 101 Å². The number of aromatic amines is 1. The summed E-state index contributed by atoms with van der Waals surface area (Å²) >= 11 is 0. The molecule has 0 radical (unpaired) electrons. The number of benzene rings is 2. The minimum Gasteiger partial charge on any atom is -0.497 e. The van der Waals surface area contributed by atoms with E-state index in [1.165, 1.54) is 0 Å². The summed E-state index contributed by atoms with van der Waals surface area (Å²) in [5.41, 5.74) is 5.69. The van der Waals surface area contributed by atoms with Gasteiger partial charge in [0.2, 0.25) is 5.91 Å². The maximum Gasteiger partial charge on any atom is 0.243 e. The Bertz CT molecular complexity index is 1740. The van der Waals surface area contributed by atoms with Crippen LogP contribution < -0.4 is 4.74 Å². The Morgan fingerprint density at radius 2 is 1.93 bits per heavy atom. The summed E-state index contributed by atoms with van der Waals surface area (Å²) in [6, 6.07) is 19.8. The number of aryl methyl sites for hydroxylation is 1. The highest BCUT2D eigenvalue weighted by molar-refractivity contribution is 5.82. The highest BCUT2D eigenvalue weighted by Gasteiger charge is 2.35. The second-order valence-electron chi connectivity index (χ2n) is 11.7. The van der Waals surface area contributed by atoms with E-state index in [9.17, 15) is 4.79 Å². The van der Waals surface area contributed by atoms with E-state index in [0.717, 1.165) is 83.7 Å². The fourth-order valence-corrected chi connectivity index (χ4v) is 6.41. The van der Waals surface area contributed by atoms with Crippen molar-refractivity contribution in [2.45, 2.75) is 25.9 Å². The highest BCUT2D eigenvalue weighted by atomic mass is 16.5. The van der Waals surface area contributed by atoms with Crippen LogP contribution in [0.15, 0.2) is 73.1 Å². The van der Waals surface area contributed by atoms with Crippen LogP contribution in [0.25, 0.3) is 33.5 Å². The average Bonchev–Trinajstić information content (AvgIpc) is 3.83. The number of carbonyl (C=O) groups excluding carboxylic acids is 1. The highest BCUT2D eigenvalue weighted by Crippen LogP contribution is 2.30. The van der Waals surface area contributed by atoms with E-state index < -0.39 is 0 Å². The minimum absolute atomic E-state index is 0.0433. The first-order valence-electron chi connectivity index (χ1n) is 15.2. The van der Waals surface area contributed by atoms with Gasteiger partial charge in [0.05, 0.1) is 42.3 Å². The van der Waals surface area contributed by atoms with E-state index in [4.69, 9.17) is 14.5 Å². The van der Waals surface area contributed by atoms with Crippen LogP contribution >= 0.6 is 0 Å². The van der Waals surface area contributed by atoms with Crippen LogP contribution in [0.3, 0.4) is 0 Å². The van der Waals surface area contributed by atoms with E-state index in [2.05, 4.69) is 44.1 Å². The lowest BCUT2D eigenvalue weighted by atomic mass is 10.1. The van der Waals surface area contributed by atoms with Gasteiger partial charge in [-0.15, -0.1) is 0 Å². The third-order valence-electron chi connectivity index (χ3n) is 8.83. The van der Waals surface area contributed by atoms with Crippen molar-refractivity contribution in [2.24, 2.45) is 5.92 Å². The van der Waals surface area contributed by atoms with Crippen molar-refractivity contribution in [2.75, 3.05) is 46.5 Å². The van der Waals surface area contributed by atoms with Gasteiger partial charge in [-0.25, -0.2) is 9.97 Å². The van der Waals surface area contributed by atoms with E-state index in [0.29, 0.717) is 19.0 Å². The number of piperazine rings is 1. The summed E-state index contributed by atoms with van der Waals surface area (Å²) in [5.74, 6) is 2.90. The molecule has 5 aromatic rings. The summed E-state index contributed by atoms with van der Waals surface area (Å²) in [7, 11) is 1.65. The summed E-state index contributed by atoms with van der Waals surface area (Å²) in [5, 5.41) is 0. The number of ether oxygens (including phenoxy) is 2. The first kappa shape index (κ1) is 28.2. The maximum absolute atomic E-state index is 14.1. The number of amides is 1. The Hall–Kier alpha value is -4.54. The van der Waals surface area contributed by atoms with Gasteiger partial charge in [-0.2, -0.15) is 0 Å². The molecule has 0 bridgehead atoms. The van der Waals surface area contributed by atoms with Crippen LogP contribution in [0.4, 0.5) is 0 Å². The molecule has 10 heteroatoms. The Morgan fingerprint density at radius 1 is 1.07 bits per heavy atom. The molecule has 2 saturated heterocycles. The van der Waals surface area contributed by atoms with Crippen LogP contribution in [0, 0.1) is 12.8 Å². The number of aromatic nitrogens is 5. The van der Waals surface area contributed by atoms with E-state index in [1.807, 2.05) is 59.0 Å². The molecular weight excluding hydrogens is 554 g/mol. The van der Waals surface area contributed by atoms with E-state index in [-0.39, 0.29) is 18.5 Å². The average molecular weight is 592 g/mol. The third-order valence-corrected chi connectivity index (χ3v) is 8.83. The van der Waals surface area contributed by atoms with E-state index in [1.54, 1.807) is 13.3 Å². The molecule has 5 heterocycles. The molecule has 2 fully saturated rings. The van der Waals surface area contributed by atoms with Gasteiger partial charge in [-0.05, 0) is 49.1 Å². The molecule has 44 heavy (non-hydrogen) atoms. The van der Waals surface area contributed by atoms with Crippen molar-refractivity contribution in [1.29, 1.82) is 0 Å². The number of fused-ring (bicyclic) bond motifs is 1. The Kier molecular flexibility index (Phi) is 7.84. The van der Waals surface area contributed by atoms with Crippen molar-refractivity contribution >= 4 is 16.9 Å². The first-order chi connectivity index (χ1) is 21.6. The molecule has 1 N–H and O–H groups in total. The smallest absolute Gasteiger partial charge is 0.243 e. The van der Waals surface area contributed by atoms with Crippen LogP contribution in [0.2, 0.25) is 0 Å². The largest absolute Gasteiger partial charge is 0.497 e. The Labute approximate surface area is 256 Å². The monoisotopic (exact) mass is 591 g/mol. The molecule has 226 valence electrons. The van der Waals surface area contributed by atoms with Crippen molar-refractivity contribution in [3.05, 3.63) is 84.7 Å². The summed E-state index contributed by atoms with van der Waals surface area (Å²) in [4.78, 5) is 36.1. The fourth-order valence-electron chi connectivity index (χ4n) is 6.41. The number of H-pyrrole nitrogens is 1. The minimum atomic E-state index is -0.204. The summed E-state index contributed by atoms with van der Waals surface area (Å²) in [6.45, 7) is 6.90. The SMILES string of the molecule is COc1ccc2nc(C)n(CC(=O)N3CCN(CC4CCOC4)C[C@H]3c3ncc(-c4ccc(-c5ccccn5)cc4)[nH]3)c2c1. The predicted octanol–water partition coefficient (Wildman–Crippen LogP) is 4.73. The van der Waals surface area contributed by atoms with Gasteiger partial charge in [0, 0.05) is 50.6 Å². The molecule has 2 atom stereocenters. The van der Waals surface area contributed by atoms with Crippen molar-refractivity contribution in [3.63, 3.8) is 0 Å². The Balaban J connectivity index is 1.15. The number of pyridine rings is 1. The van der Waals surface area contributed by atoms with E-state index >= 15 is 0 Å². The molecule has 0 saturated carbocycles. The third kappa shape index (κ3) is 5.70. The molecule has 0 aliphatic carbocycles. The number of nitrogens with zero attached hydrogens (tertiary/aromatic N) is 6. The Morgan fingerprint density at radius 3 is 2.70 bits per heavy atom. The molecule has 1 amide bonds. The maximum atomic E-state index is 14.1. The second-order valence-corrected chi connectivity index (χ2v) is 11.7. The quantitative estimate of drug-likeness (QED) is 0.279. The van der Waals surface area contributed by atoms with Gasteiger partial charge >= 0.3 is 0 Å². The molecule has 0 spiro atoms. The second kappa shape index (κ2) is 12.2. The number of hydrogen-bond donors (Lipinski definition) is 1. The number of imidazole rings is 2. The van der Waals surface area contributed by atoms with Crippen molar-refractivity contribution < 1.29 is 14.3 Å². The first-order valence-corrected chi connectivity index (χ1v) is 15.2. The van der Waals surface area contributed by atoms with Gasteiger partial charge in [-0.3, -0.25) is 14.7 Å². The molecule has 2 aliphatic rings. The lowest BCUT2D eigenvalue weighted by Gasteiger charge is -2.41. The van der Waals surface area contributed by atoms with Gasteiger partial charge in [-0.1, -0.05) is 30.3 Å². The molecule has 3 aromatic heterocycles. The number of rotatable bonds is 8. The zero-order chi connectivity index (χ0) is 30.0. The van der Waals surface area contributed by atoms with Gasteiger partial charge < -0.3 is 23.9 Å². The van der Waals surface area contributed by atoms with Gasteiger partial charge in [0.1, 0.15) is 30.0 Å². The molecule has 7 rings (SSSR count). The number of methoxy groups -OCH3 is 1. The number of hydrogen-bond acceptors (Lipinski definition) is 7. The van der Waals surface area contributed by atoms with Crippen LogP contribution in [-0.2, 0) is 16.1 Å². The zero-order valence-corrected chi connectivity index (χ0v) is 25.1. The summed E-state index contributed by atoms with van der Waals surface area (Å²) in [6.07, 6.45) is 4.76. The van der Waals surface area contributed by atoms with Crippen LogP contribution in [0.5, 0.6) is 5.75 Å². The summed E-state index contributed by atoms with van der Waals surface area (Å²) < 4.78 is 13.1. The predicted molar refractivity (Wildman–Crippen MR) is 168 cm³/mol. The number of nitrogens with one attached hydrogen (secondary N) is 1. The molecule has 2 aliphatic heterocycles. The van der Waals surface area contributed by atoms with Crippen molar-refractivity contribution in [3.8, 4) is 28.3 Å². The molecular formula is C34H37N7O3. The van der Waals surface area contributed by atoms with Crippen LogP contribution in [0.1, 0.15) is 24.1 Å². The van der Waals surface area contributed by atoms with Crippen LogP contribution in [-0.4, -0.2) is 86.7 Å². The standard InChI is InChI=1S/C34H37N7O3/c1-23-37-29-11-10-27(43-2)17-31(29)41(23)21-33(42)40-15-14-39(19-24-12-16-44-22-24)20-32(40)34-36-18-30(38-34)26-8-6-25(7-9-26)28-5-3-4-13-35-28/h3-11,13,17-18,24,32H,12,14-16,19-22H2,1-2H3,(H,36,38)/t24?,32-/m0/s1. The molecule has 10 nitrogen and oxygen atoms in total. The lowest BCUT2D eigenvalue weighted by molar-refractivity contribution is -0.137. The number of carbonyl (C=O) groups is 1. The van der Waals surface area contributed by atoms with Gasteiger partial charge in [0.25, 0.3) is 0 Å². The molecule has 1 unspecified atom stereocenters. The zero-order valence-electron chi connectivity index (χ0n) is 25.1. The molecule has 2 aromatic carbocycles. The van der Waals surface area contributed by atoms with Gasteiger partial charge in [0.15, 0.2) is 0 Å². The fraction of sp³-hybridized carbons (Fsp3) is 0.353. The van der Waals surface area contributed by atoms with Crippen molar-refractivity contribution in [1.82, 2.24) is 34.3 Å².